The Kier molecular flexibility index (Phi) is 2.81. The van der Waals surface area contributed by atoms with E-state index in [1.165, 1.54) is 0 Å². The van der Waals surface area contributed by atoms with E-state index in [1.807, 2.05) is 46.1 Å². The summed E-state index contributed by atoms with van der Waals surface area (Å²) in [5, 5.41) is 8.67. The smallest absolute Gasteiger partial charge is 0.200 e. The minimum absolute atomic E-state index is 0.611. The SMILES string of the molecule is Cc1nc(-c2cccc(-c3nc(C)n(C)n3)n2)nn1C. The summed E-state index contributed by atoms with van der Waals surface area (Å²) in [5.74, 6) is 2.91. The van der Waals surface area contributed by atoms with Crippen LogP contribution < -0.4 is 0 Å². The zero-order valence-electron chi connectivity index (χ0n) is 11.9. The molecule has 0 unspecified atom stereocenters. The lowest BCUT2D eigenvalue weighted by Crippen LogP contribution is -1.94. The zero-order chi connectivity index (χ0) is 14.3. The molecule has 0 spiro atoms. The van der Waals surface area contributed by atoms with Crippen molar-refractivity contribution < 1.29 is 0 Å². The van der Waals surface area contributed by atoms with E-state index in [0.717, 1.165) is 23.0 Å². The van der Waals surface area contributed by atoms with Gasteiger partial charge in [-0.25, -0.2) is 15.0 Å². The molecule has 0 atom stereocenters. The average molecular weight is 269 g/mol. The highest BCUT2D eigenvalue weighted by Gasteiger charge is 2.12. The summed E-state index contributed by atoms with van der Waals surface area (Å²) in [7, 11) is 3.72. The molecule has 3 aromatic rings. The number of aromatic nitrogens is 7. The van der Waals surface area contributed by atoms with Crippen molar-refractivity contribution >= 4 is 0 Å². The van der Waals surface area contributed by atoms with Crippen molar-refractivity contribution in [1.82, 2.24) is 34.5 Å². The van der Waals surface area contributed by atoms with E-state index in [2.05, 4.69) is 25.1 Å². The predicted octanol–water partition coefficient (Wildman–Crippen LogP) is 1.29. The Labute approximate surface area is 116 Å². The number of rotatable bonds is 2. The van der Waals surface area contributed by atoms with Crippen molar-refractivity contribution in [3.8, 4) is 23.0 Å². The fourth-order valence-corrected chi connectivity index (χ4v) is 1.83. The summed E-state index contributed by atoms with van der Waals surface area (Å²) in [6.07, 6.45) is 0. The van der Waals surface area contributed by atoms with E-state index in [9.17, 15) is 0 Å². The highest BCUT2D eigenvalue weighted by Crippen LogP contribution is 2.18. The number of hydrogen-bond donors (Lipinski definition) is 0. The third-order valence-corrected chi connectivity index (χ3v) is 3.17. The van der Waals surface area contributed by atoms with Gasteiger partial charge in [-0.2, -0.15) is 0 Å². The molecule has 0 saturated heterocycles. The van der Waals surface area contributed by atoms with Crippen LogP contribution in [0, 0.1) is 13.8 Å². The average Bonchev–Trinajstić information content (AvgIpc) is 2.94. The maximum Gasteiger partial charge on any atom is 0.200 e. The van der Waals surface area contributed by atoms with Crippen LogP contribution in [0.1, 0.15) is 11.6 Å². The molecule has 0 aromatic carbocycles. The number of hydrogen-bond acceptors (Lipinski definition) is 5. The van der Waals surface area contributed by atoms with E-state index in [4.69, 9.17) is 0 Å². The Morgan fingerprint density at radius 3 is 1.55 bits per heavy atom. The summed E-state index contributed by atoms with van der Waals surface area (Å²) >= 11 is 0. The molecule has 0 fully saturated rings. The molecule has 3 heterocycles. The first kappa shape index (κ1) is 12.5. The van der Waals surface area contributed by atoms with Crippen LogP contribution in [0.5, 0.6) is 0 Å². The largest absolute Gasteiger partial charge is 0.253 e. The molecule has 0 bridgehead atoms. The second kappa shape index (κ2) is 4.52. The van der Waals surface area contributed by atoms with Gasteiger partial charge in [0.25, 0.3) is 0 Å². The van der Waals surface area contributed by atoms with Gasteiger partial charge in [0.2, 0.25) is 0 Å². The lowest BCUT2D eigenvalue weighted by atomic mass is 10.3. The number of pyridine rings is 1. The third kappa shape index (κ3) is 2.07. The van der Waals surface area contributed by atoms with Gasteiger partial charge in [0.05, 0.1) is 0 Å². The van der Waals surface area contributed by atoms with Crippen molar-refractivity contribution in [2.45, 2.75) is 13.8 Å². The fraction of sp³-hybridized carbons (Fsp3) is 0.308. The maximum atomic E-state index is 4.55. The fourth-order valence-electron chi connectivity index (χ4n) is 1.83. The highest BCUT2D eigenvalue weighted by atomic mass is 15.3. The lowest BCUT2D eigenvalue weighted by Gasteiger charge is -1.97. The summed E-state index contributed by atoms with van der Waals surface area (Å²) in [4.78, 5) is 13.3. The monoisotopic (exact) mass is 269 g/mol. The Hall–Kier alpha value is -2.57. The molecule has 102 valence electrons. The van der Waals surface area contributed by atoms with Crippen LogP contribution in [0.15, 0.2) is 18.2 Å². The molecule has 20 heavy (non-hydrogen) atoms. The zero-order valence-corrected chi connectivity index (χ0v) is 11.9. The minimum atomic E-state index is 0.611. The molecule has 0 aliphatic carbocycles. The summed E-state index contributed by atoms with van der Waals surface area (Å²) in [6, 6.07) is 5.68. The van der Waals surface area contributed by atoms with E-state index in [-0.39, 0.29) is 0 Å². The quantitative estimate of drug-likeness (QED) is 0.700. The van der Waals surface area contributed by atoms with Gasteiger partial charge >= 0.3 is 0 Å². The molecule has 0 saturated carbocycles. The molecule has 3 rings (SSSR count). The maximum absolute atomic E-state index is 4.55. The van der Waals surface area contributed by atoms with Gasteiger partial charge in [-0.05, 0) is 26.0 Å². The van der Waals surface area contributed by atoms with Crippen LogP contribution in [0.2, 0.25) is 0 Å². The standard InChI is InChI=1S/C13H15N7/c1-8-14-12(17-19(8)3)10-6-5-7-11(16-10)13-15-9(2)20(4)18-13/h5-7H,1-4H3. The van der Waals surface area contributed by atoms with Gasteiger partial charge in [0.1, 0.15) is 23.0 Å². The molecule has 0 aliphatic heterocycles. The molecule has 0 radical (unpaired) electrons. The van der Waals surface area contributed by atoms with E-state index in [0.29, 0.717) is 11.6 Å². The molecule has 0 amide bonds. The minimum Gasteiger partial charge on any atom is -0.253 e. The Morgan fingerprint density at radius 1 is 0.750 bits per heavy atom. The van der Waals surface area contributed by atoms with Crippen molar-refractivity contribution in [3.63, 3.8) is 0 Å². The van der Waals surface area contributed by atoms with E-state index >= 15 is 0 Å². The molecule has 7 heteroatoms. The van der Waals surface area contributed by atoms with Gasteiger partial charge in [0, 0.05) is 14.1 Å². The van der Waals surface area contributed by atoms with Crippen molar-refractivity contribution in [2.24, 2.45) is 14.1 Å². The normalized spacial score (nSPS) is 11.0. The first-order valence-corrected chi connectivity index (χ1v) is 6.27. The summed E-state index contributed by atoms with van der Waals surface area (Å²) in [6.45, 7) is 3.81. The molecule has 7 nitrogen and oxygen atoms in total. The van der Waals surface area contributed by atoms with E-state index < -0.39 is 0 Å². The molecular weight excluding hydrogens is 254 g/mol. The third-order valence-electron chi connectivity index (χ3n) is 3.17. The number of nitrogens with zero attached hydrogens (tertiary/aromatic N) is 7. The lowest BCUT2D eigenvalue weighted by molar-refractivity contribution is 0.735. The van der Waals surface area contributed by atoms with Gasteiger partial charge in [-0.15, -0.1) is 10.2 Å². The Balaban J connectivity index is 2.05. The second-order valence-electron chi connectivity index (χ2n) is 4.62. The number of aryl methyl sites for hydroxylation is 4. The Bertz CT molecular complexity index is 668. The Morgan fingerprint density at radius 2 is 1.20 bits per heavy atom. The van der Waals surface area contributed by atoms with Crippen molar-refractivity contribution in [3.05, 3.63) is 29.8 Å². The van der Waals surface area contributed by atoms with E-state index in [1.54, 1.807) is 9.36 Å². The molecule has 0 N–H and O–H groups in total. The second-order valence-corrected chi connectivity index (χ2v) is 4.62. The van der Waals surface area contributed by atoms with Gasteiger partial charge in [0.15, 0.2) is 11.6 Å². The first-order chi connectivity index (χ1) is 9.54. The predicted molar refractivity (Wildman–Crippen MR) is 73.7 cm³/mol. The van der Waals surface area contributed by atoms with Crippen molar-refractivity contribution in [1.29, 1.82) is 0 Å². The highest BCUT2D eigenvalue weighted by molar-refractivity contribution is 5.57. The summed E-state index contributed by atoms with van der Waals surface area (Å²) in [5.41, 5.74) is 1.44. The topological polar surface area (TPSA) is 74.3 Å². The van der Waals surface area contributed by atoms with Crippen LogP contribution >= 0.6 is 0 Å². The van der Waals surface area contributed by atoms with Gasteiger partial charge < -0.3 is 0 Å². The summed E-state index contributed by atoms with van der Waals surface area (Å²) < 4.78 is 3.46. The van der Waals surface area contributed by atoms with Crippen LogP contribution in [0.25, 0.3) is 23.0 Å². The van der Waals surface area contributed by atoms with Gasteiger partial charge in [-0.3, -0.25) is 9.36 Å². The van der Waals surface area contributed by atoms with Crippen LogP contribution in [0.4, 0.5) is 0 Å². The first-order valence-electron chi connectivity index (χ1n) is 6.27. The van der Waals surface area contributed by atoms with Crippen molar-refractivity contribution in [2.75, 3.05) is 0 Å². The van der Waals surface area contributed by atoms with Crippen LogP contribution in [-0.2, 0) is 14.1 Å². The molecule has 0 aliphatic rings. The van der Waals surface area contributed by atoms with Crippen LogP contribution in [-0.4, -0.2) is 34.5 Å². The van der Waals surface area contributed by atoms with Gasteiger partial charge in [-0.1, -0.05) is 6.07 Å². The molecular formula is C13H15N7. The van der Waals surface area contributed by atoms with Crippen LogP contribution in [0.3, 0.4) is 0 Å². The molecule has 3 aromatic heterocycles.